The summed E-state index contributed by atoms with van der Waals surface area (Å²) in [5, 5.41) is 3.29. The van der Waals surface area contributed by atoms with E-state index in [1.54, 1.807) is 11.4 Å². The van der Waals surface area contributed by atoms with Crippen molar-refractivity contribution in [1.82, 2.24) is 9.62 Å². The highest BCUT2D eigenvalue weighted by Crippen LogP contribution is 2.26. The van der Waals surface area contributed by atoms with Crippen LogP contribution in [-0.2, 0) is 15.8 Å². The predicted octanol–water partition coefficient (Wildman–Crippen LogP) is 3.65. The van der Waals surface area contributed by atoms with Gasteiger partial charge < -0.3 is 5.32 Å². The average Bonchev–Trinajstić information content (AvgIpc) is 2.68. The summed E-state index contributed by atoms with van der Waals surface area (Å²) in [6.45, 7) is 0. The van der Waals surface area contributed by atoms with Gasteiger partial charge in [0.2, 0.25) is 10.0 Å². The molecule has 0 bridgehead atoms. The number of rotatable bonds is 6. The first kappa shape index (κ1) is 19.1. The Morgan fingerprint density at radius 3 is 2.23 bits per heavy atom. The van der Waals surface area contributed by atoms with Crippen LogP contribution in [0.3, 0.4) is 0 Å². The van der Waals surface area contributed by atoms with Crippen LogP contribution in [0.25, 0.3) is 11.1 Å². The summed E-state index contributed by atoms with van der Waals surface area (Å²) >= 11 is 0. The average molecular weight is 373 g/mol. The van der Waals surface area contributed by atoms with Gasteiger partial charge in [0.15, 0.2) is 0 Å². The van der Waals surface area contributed by atoms with Crippen LogP contribution in [0.1, 0.15) is 31.2 Å². The Morgan fingerprint density at radius 1 is 0.962 bits per heavy atom. The van der Waals surface area contributed by atoms with E-state index in [0.717, 1.165) is 42.4 Å². The molecule has 140 valence electrons. The molecule has 2 unspecified atom stereocenters. The molecule has 3 rings (SSSR count). The second-order valence-electron chi connectivity index (χ2n) is 7.08. The highest BCUT2D eigenvalue weighted by atomic mass is 32.2. The van der Waals surface area contributed by atoms with Crippen molar-refractivity contribution in [2.24, 2.45) is 0 Å². The smallest absolute Gasteiger partial charge is 0.218 e. The summed E-state index contributed by atoms with van der Waals surface area (Å²) < 4.78 is 27.4. The van der Waals surface area contributed by atoms with Crippen molar-refractivity contribution in [2.75, 3.05) is 14.1 Å². The highest BCUT2D eigenvalue weighted by Gasteiger charge is 2.33. The maximum atomic E-state index is 12.9. The molecule has 1 N–H and O–H groups in total. The van der Waals surface area contributed by atoms with Crippen LogP contribution in [0.2, 0.25) is 0 Å². The lowest BCUT2D eigenvalue weighted by Gasteiger charge is -2.37. The van der Waals surface area contributed by atoms with Gasteiger partial charge in [-0.25, -0.2) is 12.7 Å². The number of hydrogen-bond donors (Lipinski definition) is 1. The third-order valence-corrected chi connectivity index (χ3v) is 7.26. The molecule has 0 saturated heterocycles. The Kier molecular flexibility index (Phi) is 6.12. The zero-order chi connectivity index (χ0) is 18.6. The fraction of sp³-hybridized carbons (Fsp3) is 0.429. The minimum absolute atomic E-state index is 0.0438. The minimum Gasteiger partial charge on any atom is -0.315 e. The molecular weight excluding hydrogens is 344 g/mol. The molecule has 0 amide bonds. The van der Waals surface area contributed by atoms with Gasteiger partial charge in [-0.2, -0.15) is 0 Å². The lowest BCUT2D eigenvalue weighted by atomic mass is 9.90. The van der Waals surface area contributed by atoms with Crippen molar-refractivity contribution in [2.45, 2.75) is 43.5 Å². The molecule has 1 aliphatic rings. The second kappa shape index (κ2) is 8.33. The van der Waals surface area contributed by atoms with Crippen molar-refractivity contribution in [1.29, 1.82) is 0 Å². The Labute approximate surface area is 157 Å². The summed E-state index contributed by atoms with van der Waals surface area (Å²) in [6, 6.07) is 18.2. The molecule has 0 spiro atoms. The molecule has 1 fully saturated rings. The number of likely N-dealkylation sites (N-methyl/N-ethyl adjacent to an activating group) is 2. The zero-order valence-electron chi connectivity index (χ0n) is 15.6. The summed E-state index contributed by atoms with van der Waals surface area (Å²) in [6.07, 6.45) is 4.21. The molecule has 0 radical (unpaired) electrons. The topological polar surface area (TPSA) is 49.4 Å². The van der Waals surface area contributed by atoms with Crippen LogP contribution in [0.4, 0.5) is 0 Å². The molecule has 2 aromatic rings. The number of nitrogens with one attached hydrogen (secondary N) is 1. The standard InChI is InChI=1S/C21H28N2O2S/c1-22-20-10-6-7-11-21(20)23(2)26(24,25)16-17-12-14-19(15-13-17)18-8-4-3-5-9-18/h3-5,8-9,12-15,20-22H,6-7,10-11,16H2,1-2H3. The molecule has 1 saturated carbocycles. The van der Waals surface area contributed by atoms with E-state index < -0.39 is 10.0 Å². The van der Waals surface area contributed by atoms with Crippen LogP contribution in [0, 0.1) is 0 Å². The number of sulfonamides is 1. The Hall–Kier alpha value is -1.69. The molecular formula is C21H28N2O2S. The van der Waals surface area contributed by atoms with Gasteiger partial charge in [0.1, 0.15) is 0 Å². The fourth-order valence-electron chi connectivity index (χ4n) is 3.83. The lowest BCUT2D eigenvalue weighted by Crippen LogP contribution is -2.51. The van der Waals surface area contributed by atoms with Crippen LogP contribution < -0.4 is 5.32 Å². The van der Waals surface area contributed by atoms with E-state index in [9.17, 15) is 8.42 Å². The van der Waals surface area contributed by atoms with Gasteiger partial charge in [-0.3, -0.25) is 0 Å². The Balaban J connectivity index is 1.72. The third-order valence-electron chi connectivity index (χ3n) is 5.42. The Morgan fingerprint density at radius 2 is 1.58 bits per heavy atom. The first-order valence-corrected chi connectivity index (χ1v) is 10.9. The highest BCUT2D eigenvalue weighted by molar-refractivity contribution is 7.88. The summed E-state index contributed by atoms with van der Waals surface area (Å²) in [5.74, 6) is 0.0471. The number of nitrogens with zero attached hydrogens (tertiary/aromatic N) is 1. The summed E-state index contributed by atoms with van der Waals surface area (Å²) in [7, 11) is 0.312. The van der Waals surface area contributed by atoms with Crippen LogP contribution in [0.15, 0.2) is 54.6 Å². The van der Waals surface area contributed by atoms with Crippen LogP contribution in [-0.4, -0.2) is 38.9 Å². The molecule has 0 heterocycles. The molecule has 2 atom stereocenters. The van der Waals surface area contributed by atoms with Gasteiger partial charge in [0.05, 0.1) is 5.75 Å². The molecule has 5 heteroatoms. The van der Waals surface area contributed by atoms with E-state index in [4.69, 9.17) is 0 Å². The zero-order valence-corrected chi connectivity index (χ0v) is 16.4. The van der Waals surface area contributed by atoms with Crippen LogP contribution >= 0.6 is 0 Å². The van der Waals surface area contributed by atoms with Crippen molar-refractivity contribution in [3.8, 4) is 11.1 Å². The Bertz CT molecular complexity index is 804. The van der Waals surface area contributed by atoms with Gasteiger partial charge in [-0.15, -0.1) is 0 Å². The first-order valence-electron chi connectivity index (χ1n) is 9.28. The summed E-state index contributed by atoms with van der Waals surface area (Å²) in [4.78, 5) is 0. The molecule has 0 aromatic heterocycles. The van der Waals surface area contributed by atoms with Crippen molar-refractivity contribution in [3.63, 3.8) is 0 Å². The lowest BCUT2D eigenvalue weighted by molar-refractivity contribution is 0.229. The van der Waals surface area contributed by atoms with E-state index >= 15 is 0 Å². The van der Waals surface area contributed by atoms with Crippen molar-refractivity contribution in [3.05, 3.63) is 60.2 Å². The van der Waals surface area contributed by atoms with Crippen LogP contribution in [0.5, 0.6) is 0 Å². The molecule has 2 aromatic carbocycles. The van der Waals surface area contributed by atoms with E-state index in [1.807, 2.05) is 49.5 Å². The van der Waals surface area contributed by atoms with Crippen molar-refractivity contribution >= 4 is 10.0 Å². The molecule has 4 nitrogen and oxygen atoms in total. The van der Waals surface area contributed by atoms with E-state index in [2.05, 4.69) is 17.4 Å². The van der Waals surface area contributed by atoms with Gasteiger partial charge in [-0.05, 0) is 36.6 Å². The number of hydrogen-bond acceptors (Lipinski definition) is 3. The molecule has 0 aliphatic heterocycles. The van der Waals surface area contributed by atoms with E-state index in [0.29, 0.717) is 0 Å². The second-order valence-corrected chi connectivity index (χ2v) is 9.11. The maximum absolute atomic E-state index is 12.9. The van der Waals surface area contributed by atoms with Gasteiger partial charge in [-0.1, -0.05) is 67.4 Å². The number of benzene rings is 2. The van der Waals surface area contributed by atoms with Gasteiger partial charge in [0.25, 0.3) is 0 Å². The summed E-state index contributed by atoms with van der Waals surface area (Å²) in [5.41, 5.74) is 3.06. The molecule has 26 heavy (non-hydrogen) atoms. The first-order chi connectivity index (χ1) is 12.5. The fourth-order valence-corrected chi connectivity index (χ4v) is 5.31. The van der Waals surface area contributed by atoms with Crippen molar-refractivity contribution < 1.29 is 8.42 Å². The van der Waals surface area contributed by atoms with E-state index in [1.165, 1.54) is 0 Å². The van der Waals surface area contributed by atoms with E-state index in [-0.39, 0.29) is 17.8 Å². The van der Waals surface area contributed by atoms with Gasteiger partial charge in [0, 0.05) is 19.1 Å². The SMILES string of the molecule is CNC1CCCCC1N(C)S(=O)(=O)Cc1ccc(-c2ccccc2)cc1. The third kappa shape index (κ3) is 4.34. The minimum atomic E-state index is -3.34. The predicted molar refractivity (Wildman–Crippen MR) is 107 cm³/mol. The quantitative estimate of drug-likeness (QED) is 0.842. The van der Waals surface area contributed by atoms with Gasteiger partial charge >= 0.3 is 0 Å². The monoisotopic (exact) mass is 372 g/mol. The maximum Gasteiger partial charge on any atom is 0.218 e. The largest absolute Gasteiger partial charge is 0.315 e. The normalized spacial score (nSPS) is 21.0. The molecule has 1 aliphatic carbocycles.